The first-order chi connectivity index (χ1) is 15.8. The van der Waals surface area contributed by atoms with Gasteiger partial charge in [-0.05, 0) is 51.5 Å². The molecule has 2 fully saturated rings. The lowest BCUT2D eigenvalue weighted by Gasteiger charge is -2.30. The lowest BCUT2D eigenvalue weighted by atomic mass is 9.86. The first kappa shape index (κ1) is 22.0. The standard InChI is InChI=1S/C25H32N6O2/c1-4-25(33,5-2)20-9-6-15(12-27-20)19-13-28-31-23(26)21(14(3)32)22(30-24(19)31)16-10-17-7-8-18(11-16)29-17/h6,9,12-13,16-18,29,33H,4-5,7-8,10-11,26H2,1-3H3/t16?,17-,18?/m0/s1. The van der Waals surface area contributed by atoms with Crippen LogP contribution >= 0.6 is 0 Å². The van der Waals surface area contributed by atoms with Gasteiger partial charge in [-0.25, -0.2) is 4.98 Å². The van der Waals surface area contributed by atoms with Gasteiger partial charge in [0.15, 0.2) is 11.4 Å². The molecular weight excluding hydrogens is 416 g/mol. The highest BCUT2D eigenvalue weighted by Gasteiger charge is 2.37. The Morgan fingerprint density at radius 2 is 1.91 bits per heavy atom. The van der Waals surface area contributed by atoms with Crippen molar-refractivity contribution in [1.29, 1.82) is 0 Å². The van der Waals surface area contributed by atoms with Crippen molar-refractivity contribution < 1.29 is 9.90 Å². The summed E-state index contributed by atoms with van der Waals surface area (Å²) in [4.78, 5) is 22.2. The molecule has 2 aliphatic heterocycles. The number of hydrogen-bond donors (Lipinski definition) is 3. The van der Waals surface area contributed by atoms with Crippen LogP contribution in [0.3, 0.4) is 0 Å². The van der Waals surface area contributed by atoms with Crippen molar-refractivity contribution in [3.8, 4) is 11.1 Å². The molecule has 3 aromatic rings. The van der Waals surface area contributed by atoms with Crippen molar-refractivity contribution >= 4 is 17.2 Å². The topological polar surface area (TPSA) is 118 Å². The van der Waals surface area contributed by atoms with E-state index in [-0.39, 0.29) is 11.7 Å². The number of nitrogens with two attached hydrogens (primary N) is 1. The molecule has 8 nitrogen and oxygen atoms in total. The normalized spacial score (nSPS) is 22.7. The summed E-state index contributed by atoms with van der Waals surface area (Å²) in [5.41, 5.74) is 9.81. The number of Topliss-reactive ketones (excluding diaryl/α,β-unsaturated/α-hetero) is 1. The summed E-state index contributed by atoms with van der Waals surface area (Å²) < 4.78 is 1.56. The van der Waals surface area contributed by atoms with E-state index < -0.39 is 5.60 Å². The van der Waals surface area contributed by atoms with Crippen molar-refractivity contribution in [2.75, 3.05) is 5.73 Å². The minimum atomic E-state index is -0.930. The van der Waals surface area contributed by atoms with Crippen molar-refractivity contribution in [3.63, 3.8) is 0 Å². The van der Waals surface area contributed by atoms with E-state index in [1.54, 1.807) is 23.8 Å². The molecule has 2 unspecified atom stereocenters. The Balaban J connectivity index is 1.60. The Morgan fingerprint density at radius 1 is 1.21 bits per heavy atom. The molecule has 0 saturated carbocycles. The number of aromatic nitrogens is 4. The summed E-state index contributed by atoms with van der Waals surface area (Å²) >= 11 is 0. The number of carbonyl (C=O) groups excluding carboxylic acids is 1. The Morgan fingerprint density at radius 3 is 2.48 bits per heavy atom. The average molecular weight is 449 g/mol. The molecule has 4 N–H and O–H groups in total. The van der Waals surface area contributed by atoms with Crippen molar-refractivity contribution in [2.24, 2.45) is 0 Å². The molecule has 0 radical (unpaired) electrons. The highest BCUT2D eigenvalue weighted by atomic mass is 16.3. The monoisotopic (exact) mass is 448 g/mol. The number of carbonyl (C=O) groups is 1. The van der Waals surface area contributed by atoms with E-state index in [4.69, 9.17) is 10.7 Å². The molecule has 0 aliphatic carbocycles. The maximum atomic E-state index is 12.6. The fourth-order valence-electron chi connectivity index (χ4n) is 5.61. The Bertz CT molecular complexity index is 1190. The lowest BCUT2D eigenvalue weighted by Crippen LogP contribution is -2.38. The van der Waals surface area contributed by atoms with Crippen molar-refractivity contribution in [3.05, 3.63) is 41.5 Å². The van der Waals surface area contributed by atoms with Crippen LogP contribution in [-0.2, 0) is 5.60 Å². The van der Waals surface area contributed by atoms with Crippen LogP contribution in [0.15, 0.2) is 24.5 Å². The summed E-state index contributed by atoms with van der Waals surface area (Å²) in [5.74, 6) is 0.460. The molecule has 2 saturated heterocycles. The predicted octanol–water partition coefficient (Wildman–Crippen LogP) is 3.58. The number of fused-ring (bicyclic) bond motifs is 3. The number of nitrogen functional groups attached to an aromatic ring is 1. The summed E-state index contributed by atoms with van der Waals surface area (Å²) in [6.45, 7) is 5.46. The van der Waals surface area contributed by atoms with E-state index in [0.717, 1.165) is 29.7 Å². The average Bonchev–Trinajstić information content (AvgIpc) is 3.40. The summed E-state index contributed by atoms with van der Waals surface area (Å²) in [6, 6.07) is 4.76. The predicted molar refractivity (Wildman–Crippen MR) is 127 cm³/mol. The largest absolute Gasteiger partial charge is 0.384 e. The molecule has 0 amide bonds. The van der Waals surface area contributed by atoms with Crippen molar-refractivity contribution in [1.82, 2.24) is 24.9 Å². The van der Waals surface area contributed by atoms with Gasteiger partial charge in [-0.2, -0.15) is 9.61 Å². The van der Waals surface area contributed by atoms with Crippen molar-refractivity contribution in [2.45, 2.75) is 82.9 Å². The fraction of sp³-hybridized carbons (Fsp3) is 0.520. The Labute approximate surface area is 193 Å². The second-order valence-corrected chi connectivity index (χ2v) is 9.58. The lowest BCUT2D eigenvalue weighted by molar-refractivity contribution is 0.0240. The maximum absolute atomic E-state index is 12.6. The van der Waals surface area contributed by atoms with Gasteiger partial charge in [0.1, 0.15) is 11.4 Å². The van der Waals surface area contributed by atoms with Gasteiger partial charge in [-0.15, -0.1) is 0 Å². The van der Waals surface area contributed by atoms with E-state index in [0.29, 0.717) is 47.6 Å². The zero-order chi connectivity index (χ0) is 23.3. The maximum Gasteiger partial charge on any atom is 0.165 e. The number of pyridine rings is 1. The zero-order valence-electron chi connectivity index (χ0n) is 19.5. The summed E-state index contributed by atoms with van der Waals surface area (Å²) in [6.07, 6.45) is 8.95. The first-order valence-corrected chi connectivity index (χ1v) is 12.0. The smallest absolute Gasteiger partial charge is 0.165 e. The SMILES string of the molecule is CCC(O)(CC)c1ccc(-c2cnn3c(N)c(C(C)=O)c(C4CC5CC[C@@H](C4)N5)nc23)cn1. The molecule has 2 bridgehead atoms. The van der Waals surface area contributed by atoms with Crippen LogP contribution in [0.1, 0.15) is 87.0 Å². The van der Waals surface area contributed by atoms with Crippen LogP contribution in [0.5, 0.6) is 0 Å². The first-order valence-electron chi connectivity index (χ1n) is 12.0. The quantitative estimate of drug-likeness (QED) is 0.493. The Hall–Kier alpha value is -2.84. The van der Waals surface area contributed by atoms with Gasteiger partial charge >= 0.3 is 0 Å². The van der Waals surface area contributed by atoms with Crippen LogP contribution in [0.4, 0.5) is 5.82 Å². The molecule has 2 aliphatic rings. The van der Waals surface area contributed by atoms with Gasteiger partial charge in [0.2, 0.25) is 0 Å². The highest BCUT2D eigenvalue weighted by Crippen LogP contribution is 2.40. The van der Waals surface area contributed by atoms with Crippen LogP contribution in [-0.4, -0.2) is 42.6 Å². The fourth-order valence-corrected chi connectivity index (χ4v) is 5.61. The third kappa shape index (κ3) is 3.61. The second-order valence-electron chi connectivity index (χ2n) is 9.58. The van der Waals surface area contributed by atoms with E-state index in [1.807, 2.05) is 26.0 Å². The minimum absolute atomic E-state index is 0.0794. The third-order valence-corrected chi connectivity index (χ3v) is 7.64. The summed E-state index contributed by atoms with van der Waals surface area (Å²) in [7, 11) is 0. The number of anilines is 1. The van der Waals surface area contributed by atoms with Gasteiger partial charge in [0.05, 0.1) is 23.1 Å². The molecule has 174 valence electrons. The number of hydrogen-bond acceptors (Lipinski definition) is 7. The molecule has 33 heavy (non-hydrogen) atoms. The third-order valence-electron chi connectivity index (χ3n) is 7.64. The number of aliphatic hydroxyl groups is 1. The van der Waals surface area contributed by atoms with E-state index >= 15 is 0 Å². The number of ketones is 1. The van der Waals surface area contributed by atoms with E-state index in [9.17, 15) is 9.90 Å². The molecule has 3 aromatic heterocycles. The highest BCUT2D eigenvalue weighted by molar-refractivity contribution is 6.00. The van der Waals surface area contributed by atoms with Gasteiger partial charge in [-0.3, -0.25) is 9.78 Å². The van der Waals surface area contributed by atoms with Gasteiger partial charge in [0.25, 0.3) is 0 Å². The summed E-state index contributed by atoms with van der Waals surface area (Å²) in [5, 5.41) is 18.9. The number of nitrogens with one attached hydrogen (secondary N) is 1. The molecule has 0 aromatic carbocycles. The molecular formula is C25H32N6O2. The van der Waals surface area contributed by atoms with E-state index in [2.05, 4.69) is 15.4 Å². The van der Waals surface area contributed by atoms with Gasteiger partial charge in [0, 0.05) is 35.3 Å². The zero-order valence-corrected chi connectivity index (χ0v) is 19.5. The Kier molecular flexibility index (Phi) is 5.45. The van der Waals surface area contributed by atoms with E-state index in [1.165, 1.54) is 12.8 Å². The number of rotatable bonds is 6. The van der Waals surface area contributed by atoms with Gasteiger partial charge < -0.3 is 16.2 Å². The van der Waals surface area contributed by atoms with Crippen LogP contribution < -0.4 is 11.1 Å². The molecule has 8 heteroatoms. The molecule has 3 atom stereocenters. The number of nitrogens with zero attached hydrogens (tertiary/aromatic N) is 4. The van der Waals surface area contributed by atoms with Gasteiger partial charge in [-0.1, -0.05) is 19.9 Å². The van der Waals surface area contributed by atoms with Crippen LogP contribution in [0.2, 0.25) is 0 Å². The minimum Gasteiger partial charge on any atom is -0.384 e. The molecule has 5 heterocycles. The second kappa shape index (κ2) is 8.18. The van der Waals surface area contributed by atoms with Crippen LogP contribution in [0, 0.1) is 0 Å². The van der Waals surface area contributed by atoms with Crippen LogP contribution in [0.25, 0.3) is 16.8 Å². The number of piperidine rings is 1. The molecule has 5 rings (SSSR count). The molecule has 0 spiro atoms.